The third kappa shape index (κ3) is 3.78. The maximum Gasteiger partial charge on any atom is 0.466 e. The first-order valence-corrected chi connectivity index (χ1v) is 9.01. The molecule has 0 fully saturated rings. The molecule has 0 unspecified atom stereocenters. The molecular formula is C16H17Cl2O3P. The van der Waals surface area contributed by atoms with Gasteiger partial charge in [-0.2, -0.15) is 0 Å². The monoisotopic (exact) mass is 358 g/mol. The number of benzene rings is 2. The highest BCUT2D eigenvalue weighted by atomic mass is 35.5. The lowest BCUT2D eigenvalue weighted by molar-refractivity contribution is 0.377. The van der Waals surface area contributed by atoms with E-state index >= 15 is 0 Å². The molecule has 0 saturated heterocycles. The lowest BCUT2D eigenvalue weighted by Crippen LogP contribution is -2.18. The second-order valence-electron chi connectivity index (χ2n) is 5.05. The fourth-order valence-electron chi connectivity index (χ4n) is 1.76. The summed E-state index contributed by atoms with van der Waals surface area (Å²) in [5.74, 6) is 0.846. The van der Waals surface area contributed by atoms with Gasteiger partial charge in [-0.3, -0.25) is 0 Å². The highest BCUT2D eigenvalue weighted by Crippen LogP contribution is 2.63. The number of para-hydroxylation sites is 2. The normalized spacial score (nSPS) is 12.0. The van der Waals surface area contributed by atoms with E-state index in [0.29, 0.717) is 11.5 Å². The molecule has 0 bridgehead atoms. The van der Waals surface area contributed by atoms with Gasteiger partial charge in [-0.05, 0) is 44.0 Å². The van der Waals surface area contributed by atoms with Crippen LogP contribution in [0, 0.1) is 13.8 Å². The van der Waals surface area contributed by atoms with Crippen LogP contribution in [0.4, 0.5) is 0 Å². The molecule has 0 heterocycles. The van der Waals surface area contributed by atoms with Crippen LogP contribution in [0.1, 0.15) is 18.1 Å². The Morgan fingerprint density at radius 2 is 1.23 bits per heavy atom. The van der Waals surface area contributed by atoms with Crippen molar-refractivity contribution in [1.82, 2.24) is 0 Å². The molecule has 118 valence electrons. The van der Waals surface area contributed by atoms with Crippen molar-refractivity contribution >= 4 is 30.8 Å². The average molecular weight is 359 g/mol. The molecule has 0 aromatic heterocycles. The van der Waals surface area contributed by atoms with E-state index in [-0.39, 0.29) is 0 Å². The standard InChI is InChI=1S/C16H17Cl2O3P/c1-12-8-4-6-10-14(12)20-22(19,16(3,17)18)21-15-11-7-5-9-13(15)2/h4-11H,1-3H3. The zero-order valence-corrected chi connectivity index (χ0v) is 15.0. The first-order valence-electron chi connectivity index (χ1n) is 6.71. The van der Waals surface area contributed by atoms with Crippen molar-refractivity contribution in [3.63, 3.8) is 0 Å². The number of hydrogen-bond donors (Lipinski definition) is 0. The van der Waals surface area contributed by atoms with Gasteiger partial charge in [0, 0.05) is 0 Å². The van der Waals surface area contributed by atoms with E-state index in [1.165, 1.54) is 6.92 Å². The minimum absolute atomic E-state index is 0.423. The van der Waals surface area contributed by atoms with Crippen molar-refractivity contribution in [3.05, 3.63) is 59.7 Å². The largest absolute Gasteiger partial charge is 0.466 e. The summed E-state index contributed by atoms with van der Waals surface area (Å²) in [5, 5.41) is 0. The number of hydrogen-bond acceptors (Lipinski definition) is 3. The molecule has 0 spiro atoms. The molecule has 3 nitrogen and oxygen atoms in total. The minimum Gasteiger partial charge on any atom is -0.414 e. The summed E-state index contributed by atoms with van der Waals surface area (Å²) in [4.78, 5) is 0. The van der Waals surface area contributed by atoms with Gasteiger partial charge in [0.15, 0.2) is 0 Å². The molecule has 0 radical (unpaired) electrons. The number of aryl methyl sites for hydroxylation is 2. The molecule has 2 aromatic carbocycles. The molecule has 0 N–H and O–H groups in total. The molecule has 2 aromatic rings. The van der Waals surface area contributed by atoms with Crippen LogP contribution in [0.2, 0.25) is 0 Å². The molecule has 2 rings (SSSR count). The van der Waals surface area contributed by atoms with Gasteiger partial charge >= 0.3 is 7.60 Å². The van der Waals surface area contributed by atoms with Crippen LogP contribution in [-0.4, -0.2) is 4.07 Å². The van der Waals surface area contributed by atoms with Crippen molar-refractivity contribution in [2.24, 2.45) is 0 Å². The highest BCUT2D eigenvalue weighted by molar-refractivity contribution is 7.60. The van der Waals surface area contributed by atoms with Gasteiger partial charge in [-0.15, -0.1) is 0 Å². The summed E-state index contributed by atoms with van der Waals surface area (Å²) in [6.45, 7) is 5.08. The first-order chi connectivity index (χ1) is 10.2. The van der Waals surface area contributed by atoms with Crippen LogP contribution in [0.3, 0.4) is 0 Å². The highest BCUT2D eigenvalue weighted by Gasteiger charge is 2.48. The fraction of sp³-hybridized carbons (Fsp3) is 0.250. The summed E-state index contributed by atoms with van der Waals surface area (Å²) < 4.78 is 22.7. The van der Waals surface area contributed by atoms with Gasteiger partial charge in [0.25, 0.3) is 0 Å². The average Bonchev–Trinajstić information content (AvgIpc) is 2.43. The van der Waals surface area contributed by atoms with E-state index in [0.717, 1.165) is 11.1 Å². The predicted octanol–water partition coefficient (Wildman–Crippen LogP) is 6.11. The molecule has 22 heavy (non-hydrogen) atoms. The SMILES string of the molecule is Cc1ccccc1OP(=O)(Oc1ccccc1C)C(C)(Cl)Cl. The van der Waals surface area contributed by atoms with E-state index in [1.54, 1.807) is 24.3 Å². The Bertz CT molecular complexity index is 659. The van der Waals surface area contributed by atoms with E-state index in [2.05, 4.69) is 0 Å². The number of rotatable bonds is 5. The van der Waals surface area contributed by atoms with Crippen LogP contribution in [-0.2, 0) is 4.57 Å². The van der Waals surface area contributed by atoms with Crippen LogP contribution in [0.15, 0.2) is 48.5 Å². The molecule has 0 aliphatic rings. The first kappa shape index (κ1) is 17.2. The van der Waals surface area contributed by atoms with Crippen LogP contribution in [0.5, 0.6) is 11.5 Å². The Morgan fingerprint density at radius 3 is 1.55 bits per heavy atom. The maximum absolute atomic E-state index is 13.2. The predicted molar refractivity (Wildman–Crippen MR) is 91.3 cm³/mol. The van der Waals surface area contributed by atoms with Gasteiger partial charge in [-0.1, -0.05) is 59.6 Å². The minimum atomic E-state index is -3.87. The second-order valence-corrected chi connectivity index (χ2v) is 9.54. The Balaban J connectivity index is 2.40. The molecule has 0 saturated carbocycles. The van der Waals surface area contributed by atoms with E-state index in [1.807, 2.05) is 38.1 Å². The lowest BCUT2D eigenvalue weighted by Gasteiger charge is -2.27. The quantitative estimate of drug-likeness (QED) is 0.478. The smallest absolute Gasteiger partial charge is 0.414 e. The zero-order chi connectivity index (χ0) is 16.4. The van der Waals surface area contributed by atoms with E-state index < -0.39 is 11.7 Å². The van der Waals surface area contributed by atoms with Crippen molar-refractivity contribution in [1.29, 1.82) is 0 Å². The van der Waals surface area contributed by atoms with E-state index in [9.17, 15) is 4.57 Å². The van der Waals surface area contributed by atoms with Crippen LogP contribution < -0.4 is 9.05 Å². The summed E-state index contributed by atoms with van der Waals surface area (Å²) >= 11 is 12.2. The Kier molecular flexibility index (Phi) is 5.11. The van der Waals surface area contributed by atoms with Crippen LogP contribution >= 0.6 is 30.8 Å². The number of alkyl halides is 2. The van der Waals surface area contributed by atoms with Gasteiger partial charge < -0.3 is 9.05 Å². The zero-order valence-electron chi connectivity index (χ0n) is 12.5. The summed E-state index contributed by atoms with van der Waals surface area (Å²) in [7, 11) is -3.87. The molecule has 0 atom stereocenters. The maximum atomic E-state index is 13.2. The van der Waals surface area contributed by atoms with Crippen molar-refractivity contribution in [2.75, 3.05) is 0 Å². The Morgan fingerprint density at radius 1 is 0.864 bits per heavy atom. The topological polar surface area (TPSA) is 35.5 Å². The third-order valence-electron chi connectivity index (χ3n) is 3.11. The third-order valence-corrected chi connectivity index (χ3v) is 6.18. The molecule has 0 aliphatic heterocycles. The van der Waals surface area contributed by atoms with E-state index in [4.69, 9.17) is 32.2 Å². The lowest BCUT2D eigenvalue weighted by atomic mass is 10.2. The van der Waals surface area contributed by atoms with Gasteiger partial charge in [0.05, 0.1) is 0 Å². The van der Waals surface area contributed by atoms with Crippen LogP contribution in [0.25, 0.3) is 0 Å². The molecule has 0 amide bonds. The van der Waals surface area contributed by atoms with Gasteiger partial charge in [0.1, 0.15) is 11.5 Å². The van der Waals surface area contributed by atoms with Crippen molar-refractivity contribution in [3.8, 4) is 11.5 Å². The van der Waals surface area contributed by atoms with Crippen molar-refractivity contribution in [2.45, 2.75) is 24.8 Å². The number of halogens is 2. The Hall–Kier alpha value is -1.15. The molecule has 0 aliphatic carbocycles. The summed E-state index contributed by atoms with van der Waals surface area (Å²) in [6.07, 6.45) is 0. The van der Waals surface area contributed by atoms with Gasteiger partial charge in [-0.25, -0.2) is 4.57 Å². The summed E-state index contributed by atoms with van der Waals surface area (Å²) in [6, 6.07) is 14.3. The van der Waals surface area contributed by atoms with Gasteiger partial charge in [0.2, 0.25) is 4.07 Å². The fourth-order valence-corrected chi connectivity index (χ4v) is 3.46. The second kappa shape index (κ2) is 6.54. The van der Waals surface area contributed by atoms with Crippen molar-refractivity contribution < 1.29 is 13.6 Å². The summed E-state index contributed by atoms with van der Waals surface area (Å²) in [5.41, 5.74) is 1.63. The Labute approximate surface area is 140 Å². The molecular weight excluding hydrogens is 342 g/mol. The molecule has 6 heteroatoms.